The SMILES string of the molecule is Cc1ccc(F)cc1CNS(=O)(=O)c1ccc(Cc2ccc3oc(=O)cc(C(F)(F)F)c3c2)cc1. The molecule has 1 aromatic heterocycles. The van der Waals surface area contributed by atoms with Crippen LogP contribution in [0, 0.1) is 12.7 Å². The molecule has 0 saturated heterocycles. The van der Waals surface area contributed by atoms with Crippen molar-refractivity contribution >= 4 is 21.0 Å². The molecule has 0 saturated carbocycles. The summed E-state index contributed by atoms with van der Waals surface area (Å²) >= 11 is 0. The molecule has 0 atom stereocenters. The highest BCUT2D eigenvalue weighted by molar-refractivity contribution is 7.89. The van der Waals surface area contributed by atoms with Crippen LogP contribution in [0.3, 0.4) is 0 Å². The standard InChI is InChI=1S/C25H19F4NO4S/c1-15-2-6-19(26)12-18(15)14-30-35(32,33)20-7-3-16(4-8-20)10-17-5-9-23-21(11-17)22(25(27,28)29)13-24(31)34-23/h2-9,11-13,30H,10,14H2,1H3. The fourth-order valence-corrected chi connectivity index (χ4v) is 4.67. The third-order valence-electron chi connectivity index (χ3n) is 5.52. The maximum absolute atomic E-state index is 13.4. The fraction of sp³-hybridized carbons (Fsp3) is 0.160. The van der Waals surface area contributed by atoms with Crippen LogP contribution >= 0.6 is 0 Å². The Morgan fingerprint density at radius 2 is 1.60 bits per heavy atom. The Balaban J connectivity index is 1.53. The lowest BCUT2D eigenvalue weighted by atomic mass is 10.0. The molecule has 1 N–H and O–H groups in total. The monoisotopic (exact) mass is 505 g/mol. The molecule has 0 fully saturated rings. The fourth-order valence-electron chi connectivity index (χ4n) is 3.66. The summed E-state index contributed by atoms with van der Waals surface area (Å²) in [4.78, 5) is 11.5. The van der Waals surface area contributed by atoms with Gasteiger partial charge in [0.15, 0.2) is 0 Å². The van der Waals surface area contributed by atoms with Gasteiger partial charge < -0.3 is 4.42 Å². The van der Waals surface area contributed by atoms with Crippen molar-refractivity contribution in [2.24, 2.45) is 0 Å². The summed E-state index contributed by atoms with van der Waals surface area (Å²) in [6.07, 6.45) is -4.50. The number of alkyl halides is 3. The van der Waals surface area contributed by atoms with Crippen LogP contribution in [0.25, 0.3) is 11.0 Å². The Morgan fingerprint density at radius 3 is 2.29 bits per heavy atom. The van der Waals surface area contributed by atoms with Gasteiger partial charge in [-0.2, -0.15) is 13.2 Å². The highest BCUT2D eigenvalue weighted by Crippen LogP contribution is 2.34. The largest absolute Gasteiger partial charge is 0.423 e. The first kappa shape index (κ1) is 24.6. The van der Waals surface area contributed by atoms with Crippen LogP contribution in [0.15, 0.2) is 80.8 Å². The zero-order chi connectivity index (χ0) is 25.4. The van der Waals surface area contributed by atoms with E-state index in [0.717, 1.165) is 5.56 Å². The van der Waals surface area contributed by atoms with Gasteiger partial charge in [-0.1, -0.05) is 24.3 Å². The maximum Gasteiger partial charge on any atom is 0.417 e. The van der Waals surface area contributed by atoms with E-state index in [9.17, 15) is 30.8 Å². The average molecular weight is 505 g/mol. The second kappa shape index (κ2) is 9.27. The van der Waals surface area contributed by atoms with E-state index in [1.165, 1.54) is 36.4 Å². The van der Waals surface area contributed by atoms with E-state index in [-0.39, 0.29) is 28.8 Å². The van der Waals surface area contributed by atoms with Gasteiger partial charge in [0.2, 0.25) is 10.0 Å². The number of hydrogen-bond donors (Lipinski definition) is 1. The lowest BCUT2D eigenvalue weighted by molar-refractivity contribution is -0.136. The quantitative estimate of drug-likeness (QED) is 0.284. The number of fused-ring (bicyclic) bond motifs is 1. The summed E-state index contributed by atoms with van der Waals surface area (Å²) in [5, 5.41) is -0.231. The van der Waals surface area contributed by atoms with Gasteiger partial charge in [-0.05, 0) is 72.0 Å². The predicted octanol–water partition coefficient (Wildman–Crippen LogP) is 5.33. The van der Waals surface area contributed by atoms with Crippen molar-refractivity contribution in [3.63, 3.8) is 0 Å². The molecular formula is C25H19F4NO4S. The Morgan fingerprint density at radius 1 is 0.914 bits per heavy atom. The number of nitrogens with one attached hydrogen (secondary N) is 1. The Kier molecular flexibility index (Phi) is 6.52. The average Bonchev–Trinajstić information content (AvgIpc) is 2.79. The van der Waals surface area contributed by atoms with Gasteiger partial charge in [-0.15, -0.1) is 0 Å². The molecule has 5 nitrogen and oxygen atoms in total. The van der Waals surface area contributed by atoms with Gasteiger partial charge in [0.1, 0.15) is 11.4 Å². The van der Waals surface area contributed by atoms with Crippen LogP contribution in [0.4, 0.5) is 17.6 Å². The summed E-state index contributed by atoms with van der Waals surface area (Å²) in [5.41, 5.74) is 0.0996. The number of halogens is 4. The zero-order valence-electron chi connectivity index (χ0n) is 18.3. The van der Waals surface area contributed by atoms with Crippen LogP contribution in [-0.2, 0) is 29.2 Å². The van der Waals surface area contributed by atoms with Crippen molar-refractivity contribution in [3.05, 3.63) is 111 Å². The topological polar surface area (TPSA) is 76.4 Å². The number of hydrogen-bond acceptors (Lipinski definition) is 4. The number of rotatable bonds is 6. The van der Waals surface area contributed by atoms with Crippen molar-refractivity contribution in [3.8, 4) is 0 Å². The molecule has 0 radical (unpaired) electrons. The van der Waals surface area contributed by atoms with Gasteiger partial charge in [0.05, 0.1) is 10.5 Å². The molecule has 4 rings (SSSR count). The molecule has 4 aromatic rings. The van der Waals surface area contributed by atoms with Gasteiger partial charge in [0.25, 0.3) is 0 Å². The molecule has 182 valence electrons. The summed E-state index contributed by atoms with van der Waals surface area (Å²) < 4.78 is 86.1. The summed E-state index contributed by atoms with van der Waals surface area (Å²) in [7, 11) is -3.87. The van der Waals surface area contributed by atoms with Crippen LogP contribution in [-0.4, -0.2) is 8.42 Å². The van der Waals surface area contributed by atoms with E-state index in [0.29, 0.717) is 22.8 Å². The van der Waals surface area contributed by atoms with E-state index >= 15 is 0 Å². The van der Waals surface area contributed by atoms with Crippen molar-refractivity contribution in [2.75, 3.05) is 0 Å². The summed E-state index contributed by atoms with van der Waals surface area (Å²) in [6.45, 7) is 1.67. The van der Waals surface area contributed by atoms with Crippen molar-refractivity contribution < 1.29 is 30.4 Å². The molecule has 10 heteroatoms. The summed E-state index contributed by atoms with van der Waals surface area (Å²) in [6, 6.07) is 14.6. The first-order chi connectivity index (χ1) is 16.4. The first-order valence-electron chi connectivity index (χ1n) is 10.4. The van der Waals surface area contributed by atoms with E-state index in [4.69, 9.17) is 4.42 Å². The van der Waals surface area contributed by atoms with E-state index < -0.39 is 33.2 Å². The van der Waals surface area contributed by atoms with Gasteiger partial charge in [-0.3, -0.25) is 0 Å². The van der Waals surface area contributed by atoms with E-state index in [1.54, 1.807) is 31.2 Å². The molecule has 3 aromatic carbocycles. The molecule has 0 spiro atoms. The normalized spacial score (nSPS) is 12.3. The third-order valence-corrected chi connectivity index (χ3v) is 6.94. The minimum Gasteiger partial charge on any atom is -0.423 e. The number of aryl methyl sites for hydroxylation is 1. The van der Waals surface area contributed by atoms with Gasteiger partial charge >= 0.3 is 11.8 Å². The Labute approximate surface area is 198 Å². The molecule has 35 heavy (non-hydrogen) atoms. The molecule has 0 aliphatic rings. The lowest BCUT2D eigenvalue weighted by Gasteiger charge is -2.11. The minimum atomic E-state index is -4.72. The van der Waals surface area contributed by atoms with Crippen LogP contribution < -0.4 is 10.3 Å². The first-order valence-corrected chi connectivity index (χ1v) is 11.9. The van der Waals surface area contributed by atoms with Crippen LogP contribution in [0.5, 0.6) is 0 Å². The van der Waals surface area contributed by atoms with Gasteiger partial charge in [0, 0.05) is 18.0 Å². The molecule has 0 aliphatic heterocycles. The van der Waals surface area contributed by atoms with Crippen molar-refractivity contribution in [2.45, 2.75) is 31.0 Å². The van der Waals surface area contributed by atoms with Crippen LogP contribution in [0.1, 0.15) is 27.8 Å². The smallest absolute Gasteiger partial charge is 0.417 e. The maximum atomic E-state index is 13.4. The van der Waals surface area contributed by atoms with E-state index in [2.05, 4.69) is 4.72 Å². The molecule has 0 aliphatic carbocycles. The van der Waals surface area contributed by atoms with Crippen molar-refractivity contribution in [1.82, 2.24) is 4.72 Å². The Bertz CT molecular complexity index is 1560. The second-order valence-corrected chi connectivity index (χ2v) is 9.79. The third kappa shape index (κ3) is 5.60. The van der Waals surface area contributed by atoms with E-state index in [1.807, 2.05) is 0 Å². The number of benzene rings is 3. The highest BCUT2D eigenvalue weighted by atomic mass is 32.2. The minimum absolute atomic E-state index is 0.00468. The molecule has 1 heterocycles. The van der Waals surface area contributed by atoms with Crippen molar-refractivity contribution in [1.29, 1.82) is 0 Å². The molecular weight excluding hydrogens is 486 g/mol. The molecule has 0 bridgehead atoms. The van der Waals surface area contributed by atoms with Gasteiger partial charge in [-0.25, -0.2) is 22.3 Å². The highest BCUT2D eigenvalue weighted by Gasteiger charge is 2.33. The predicted molar refractivity (Wildman–Crippen MR) is 122 cm³/mol. The molecule has 0 amide bonds. The zero-order valence-corrected chi connectivity index (χ0v) is 19.1. The number of sulfonamides is 1. The second-order valence-electron chi connectivity index (χ2n) is 8.02. The molecule has 0 unspecified atom stereocenters. The lowest BCUT2D eigenvalue weighted by Crippen LogP contribution is -2.23. The Hall–Kier alpha value is -3.50. The van der Waals surface area contributed by atoms with Crippen LogP contribution in [0.2, 0.25) is 0 Å². The summed E-state index contributed by atoms with van der Waals surface area (Å²) in [5.74, 6) is -0.465.